The number of imide groups is 1. The Bertz CT molecular complexity index is 1130. The second-order valence-electron chi connectivity index (χ2n) is 13.2. The number of piperidine rings is 1. The highest BCUT2D eigenvalue weighted by molar-refractivity contribution is 6.07. The molecule has 256 valence electrons. The average molecular weight is 644 g/mol. The monoisotopic (exact) mass is 643 g/mol. The van der Waals surface area contributed by atoms with E-state index in [1.807, 2.05) is 0 Å². The predicted molar refractivity (Wildman–Crippen MR) is 171 cm³/mol. The van der Waals surface area contributed by atoms with Crippen LogP contribution in [0.25, 0.3) is 0 Å². The molecular weight excluding hydrogens is 590 g/mol. The average Bonchev–Trinajstić information content (AvgIpc) is 3.63. The lowest BCUT2D eigenvalue weighted by molar-refractivity contribution is -0.138. The van der Waals surface area contributed by atoms with Crippen LogP contribution in [0.2, 0.25) is 0 Å². The first kappa shape index (κ1) is 35.5. The summed E-state index contributed by atoms with van der Waals surface area (Å²) in [5.74, 6) is -2.33. The molecular formula is C33H53N7O6. The first-order valence-corrected chi connectivity index (χ1v) is 17.4. The highest BCUT2D eigenvalue weighted by Gasteiger charge is 2.38. The third kappa shape index (κ3) is 11.2. The number of carbonyl (C=O) groups is 5. The van der Waals surface area contributed by atoms with Gasteiger partial charge in [0.25, 0.3) is 5.91 Å². The molecule has 3 fully saturated rings. The fraction of sp³-hybridized carbons (Fsp3) is 0.758. The fourth-order valence-corrected chi connectivity index (χ4v) is 7.09. The van der Waals surface area contributed by atoms with E-state index in [4.69, 9.17) is 10.3 Å². The van der Waals surface area contributed by atoms with Crippen molar-refractivity contribution >= 4 is 29.5 Å². The molecule has 0 unspecified atom stereocenters. The molecule has 0 bridgehead atoms. The van der Waals surface area contributed by atoms with E-state index in [2.05, 4.69) is 26.0 Å². The molecule has 1 aromatic heterocycles. The van der Waals surface area contributed by atoms with Crippen molar-refractivity contribution in [3.8, 4) is 0 Å². The van der Waals surface area contributed by atoms with E-state index in [1.54, 1.807) is 0 Å². The zero-order valence-corrected chi connectivity index (χ0v) is 27.2. The predicted octanol–water partition coefficient (Wildman–Crippen LogP) is 2.11. The summed E-state index contributed by atoms with van der Waals surface area (Å²) in [5, 5.41) is 11.8. The largest absolute Gasteiger partial charge is 0.364 e. The van der Waals surface area contributed by atoms with Crippen molar-refractivity contribution in [3.63, 3.8) is 0 Å². The Morgan fingerprint density at radius 3 is 2.09 bits per heavy atom. The fourth-order valence-electron chi connectivity index (χ4n) is 7.09. The molecule has 13 nitrogen and oxygen atoms in total. The summed E-state index contributed by atoms with van der Waals surface area (Å²) in [4.78, 5) is 69.5. The molecule has 4 rings (SSSR count). The van der Waals surface area contributed by atoms with E-state index in [-0.39, 0.29) is 18.2 Å². The van der Waals surface area contributed by atoms with Crippen molar-refractivity contribution < 1.29 is 28.5 Å². The van der Waals surface area contributed by atoms with Gasteiger partial charge in [-0.05, 0) is 50.6 Å². The van der Waals surface area contributed by atoms with Gasteiger partial charge in [-0.1, -0.05) is 75.8 Å². The highest BCUT2D eigenvalue weighted by Crippen LogP contribution is 2.29. The number of amides is 5. The van der Waals surface area contributed by atoms with Gasteiger partial charge in [-0.15, -0.1) is 0 Å². The number of nitrogens with one attached hydrogen (secondary N) is 3. The Kier molecular flexibility index (Phi) is 14.5. The summed E-state index contributed by atoms with van der Waals surface area (Å²) in [6.45, 7) is 2.18. The Hall–Kier alpha value is -3.32. The zero-order valence-electron chi connectivity index (χ0n) is 27.2. The van der Waals surface area contributed by atoms with Crippen molar-refractivity contribution in [2.45, 2.75) is 108 Å². The maximum atomic E-state index is 13.7. The number of aromatic nitrogens is 1. The topological polar surface area (TPSA) is 180 Å². The lowest BCUT2D eigenvalue weighted by atomic mass is 9.84. The van der Waals surface area contributed by atoms with Gasteiger partial charge >= 0.3 is 0 Å². The molecule has 0 spiro atoms. The van der Waals surface area contributed by atoms with Crippen LogP contribution in [-0.4, -0.2) is 95.8 Å². The molecule has 0 aromatic carbocycles. The maximum Gasteiger partial charge on any atom is 0.283 e. The second kappa shape index (κ2) is 18.7. The van der Waals surface area contributed by atoms with Gasteiger partial charge in [0.2, 0.25) is 23.6 Å². The van der Waals surface area contributed by atoms with E-state index < -0.39 is 48.2 Å². The first-order chi connectivity index (χ1) is 22.3. The van der Waals surface area contributed by atoms with Gasteiger partial charge < -0.3 is 31.1 Å². The molecule has 2 atom stereocenters. The molecule has 3 aliphatic rings. The van der Waals surface area contributed by atoms with Gasteiger partial charge in [0.15, 0.2) is 5.69 Å². The van der Waals surface area contributed by atoms with Crippen LogP contribution in [0.4, 0.5) is 0 Å². The number of rotatable bonds is 15. The minimum Gasteiger partial charge on any atom is -0.364 e. The summed E-state index contributed by atoms with van der Waals surface area (Å²) in [6, 6.07) is -0.434. The van der Waals surface area contributed by atoms with E-state index in [1.165, 1.54) is 25.2 Å². The zero-order chi connectivity index (χ0) is 32.7. The summed E-state index contributed by atoms with van der Waals surface area (Å²) in [6.07, 6.45) is 16.3. The van der Waals surface area contributed by atoms with Crippen LogP contribution >= 0.6 is 0 Å². The normalized spacial score (nSPS) is 19.5. The Balaban J connectivity index is 1.38. The molecule has 1 aliphatic heterocycles. The molecule has 1 saturated heterocycles. The first-order valence-electron chi connectivity index (χ1n) is 17.4. The lowest BCUT2D eigenvalue weighted by Gasteiger charge is -2.33. The second-order valence-corrected chi connectivity index (χ2v) is 13.2. The summed E-state index contributed by atoms with van der Waals surface area (Å²) in [5.41, 5.74) is 5.99. The Morgan fingerprint density at radius 2 is 1.46 bits per heavy atom. The molecule has 0 radical (unpaired) electrons. The molecule has 46 heavy (non-hydrogen) atoms. The number of nitrogens with zero attached hydrogens (tertiary/aromatic N) is 3. The molecule has 2 aliphatic carbocycles. The number of carbonyl (C=O) groups excluding carboxylic acids is 5. The van der Waals surface area contributed by atoms with Crippen molar-refractivity contribution in [3.05, 3.63) is 18.0 Å². The number of hydrogen-bond acceptors (Lipinski definition) is 9. The molecule has 2 heterocycles. The van der Waals surface area contributed by atoms with Crippen molar-refractivity contribution in [1.82, 2.24) is 30.9 Å². The van der Waals surface area contributed by atoms with Crippen LogP contribution in [0, 0.1) is 11.8 Å². The third-order valence-corrected chi connectivity index (χ3v) is 9.72. The maximum absolute atomic E-state index is 13.7. The van der Waals surface area contributed by atoms with Crippen molar-refractivity contribution in [1.29, 1.82) is 0 Å². The number of nitrogens with two attached hydrogens (primary N) is 1. The van der Waals surface area contributed by atoms with E-state index in [0.717, 1.165) is 88.6 Å². The SMILES string of the molecule is N[C@@H](CC1CCCCC1)C(=O)NCC(=O)NCC(=O)N(C(=O)c1ccon1)[C@@H](CC1CCCCC1)C(=O)NCCN1CCCCC1. The van der Waals surface area contributed by atoms with Crippen molar-refractivity contribution in [2.75, 3.05) is 39.3 Å². The van der Waals surface area contributed by atoms with Crippen LogP contribution in [0.3, 0.4) is 0 Å². The van der Waals surface area contributed by atoms with Gasteiger partial charge in [0.05, 0.1) is 19.1 Å². The van der Waals surface area contributed by atoms with Gasteiger partial charge in [0, 0.05) is 19.2 Å². The van der Waals surface area contributed by atoms with Crippen molar-refractivity contribution in [2.24, 2.45) is 17.6 Å². The Labute approximate surface area is 272 Å². The third-order valence-electron chi connectivity index (χ3n) is 9.72. The molecule has 1 aromatic rings. The van der Waals surface area contributed by atoms with Crippen LogP contribution in [0.15, 0.2) is 16.9 Å². The molecule has 5 amide bonds. The lowest BCUT2D eigenvalue weighted by Crippen LogP contribution is -2.56. The minimum atomic E-state index is -1.07. The van der Waals surface area contributed by atoms with Gasteiger partial charge in [-0.3, -0.25) is 28.9 Å². The summed E-state index contributed by atoms with van der Waals surface area (Å²) < 4.78 is 4.87. The molecule has 2 saturated carbocycles. The molecule has 5 N–H and O–H groups in total. The summed E-state index contributed by atoms with van der Waals surface area (Å²) in [7, 11) is 0. The molecule has 13 heteroatoms. The highest BCUT2D eigenvalue weighted by atomic mass is 16.5. The Morgan fingerprint density at radius 1 is 0.826 bits per heavy atom. The number of hydrogen-bond donors (Lipinski definition) is 4. The summed E-state index contributed by atoms with van der Waals surface area (Å²) >= 11 is 0. The van der Waals surface area contributed by atoms with Crippen LogP contribution in [0.1, 0.15) is 107 Å². The quantitative estimate of drug-likeness (QED) is 0.223. The van der Waals surface area contributed by atoms with Gasteiger partial charge in [0.1, 0.15) is 12.3 Å². The number of likely N-dealkylation sites (tertiary alicyclic amines) is 1. The van der Waals surface area contributed by atoms with E-state index >= 15 is 0 Å². The van der Waals surface area contributed by atoms with Gasteiger partial charge in [-0.2, -0.15) is 0 Å². The van der Waals surface area contributed by atoms with Crippen LogP contribution in [0.5, 0.6) is 0 Å². The van der Waals surface area contributed by atoms with E-state index in [0.29, 0.717) is 31.8 Å². The standard InChI is InChI=1S/C33H53N7O6/c34-26(20-24-10-4-1-5-11-24)31(43)37-22-29(41)36-23-30(42)40(33(45)27-14-19-46-38-27)28(21-25-12-6-2-7-13-25)32(44)35-15-18-39-16-8-3-9-17-39/h14,19,24-26,28H,1-13,15-18,20-23,34H2,(H,35,44)(H,36,41)(H,37,43)/t26-,28-/m0/s1. The van der Waals surface area contributed by atoms with Crippen LogP contribution < -0.4 is 21.7 Å². The minimum absolute atomic E-state index is 0.103. The smallest absolute Gasteiger partial charge is 0.283 e. The van der Waals surface area contributed by atoms with Crippen LogP contribution in [-0.2, 0) is 19.2 Å². The van der Waals surface area contributed by atoms with Gasteiger partial charge in [-0.25, -0.2) is 0 Å². The van der Waals surface area contributed by atoms with E-state index in [9.17, 15) is 24.0 Å².